The molecule has 0 unspecified atom stereocenters. The second kappa shape index (κ2) is 8.90. The highest BCUT2D eigenvalue weighted by atomic mass is 19.1. The smallest absolute Gasteiger partial charge is 0.260 e. The van der Waals surface area contributed by atoms with Gasteiger partial charge in [-0.3, -0.25) is 9.59 Å². The first-order valence-electron chi connectivity index (χ1n) is 10.5. The summed E-state index contributed by atoms with van der Waals surface area (Å²) in [5, 5.41) is 7.27. The Labute approximate surface area is 184 Å². The SMILES string of the molecule is Cc1cc(C)n(-c2ccc(NC(=O)[C@@H]3CCCCN3C(=O)c3c(F)cccc3F)cc2)n1. The van der Waals surface area contributed by atoms with Crippen LogP contribution in [0.1, 0.15) is 41.0 Å². The predicted molar refractivity (Wildman–Crippen MR) is 117 cm³/mol. The third-order valence-electron chi connectivity index (χ3n) is 5.63. The number of rotatable bonds is 4. The van der Waals surface area contributed by atoms with Crippen LogP contribution in [0.15, 0.2) is 48.5 Å². The molecule has 1 aromatic heterocycles. The number of benzene rings is 2. The van der Waals surface area contributed by atoms with E-state index in [2.05, 4.69) is 10.4 Å². The third-order valence-corrected chi connectivity index (χ3v) is 5.63. The molecule has 3 aromatic rings. The molecule has 0 aliphatic carbocycles. The first-order valence-corrected chi connectivity index (χ1v) is 10.5. The third kappa shape index (κ3) is 4.26. The molecule has 0 radical (unpaired) electrons. The minimum absolute atomic E-state index is 0.265. The highest BCUT2D eigenvalue weighted by molar-refractivity contribution is 6.01. The van der Waals surface area contributed by atoms with Crippen molar-refractivity contribution in [1.82, 2.24) is 14.7 Å². The average molecular weight is 438 g/mol. The van der Waals surface area contributed by atoms with Crippen molar-refractivity contribution < 1.29 is 18.4 Å². The molecule has 32 heavy (non-hydrogen) atoms. The lowest BCUT2D eigenvalue weighted by Gasteiger charge is -2.34. The number of hydrogen-bond donors (Lipinski definition) is 1. The van der Waals surface area contributed by atoms with Gasteiger partial charge in [-0.25, -0.2) is 13.5 Å². The summed E-state index contributed by atoms with van der Waals surface area (Å²) in [5.41, 5.74) is 2.71. The maximum atomic E-state index is 14.1. The molecule has 4 rings (SSSR count). The van der Waals surface area contributed by atoms with Crippen LogP contribution >= 0.6 is 0 Å². The van der Waals surface area contributed by atoms with Crippen molar-refractivity contribution in [3.05, 3.63) is 77.1 Å². The molecule has 8 heteroatoms. The molecule has 0 spiro atoms. The number of likely N-dealkylation sites (tertiary alicyclic amines) is 1. The minimum Gasteiger partial charge on any atom is -0.326 e. The second-order valence-electron chi connectivity index (χ2n) is 7.98. The zero-order valence-electron chi connectivity index (χ0n) is 17.9. The number of nitrogens with one attached hydrogen (secondary N) is 1. The highest BCUT2D eigenvalue weighted by Crippen LogP contribution is 2.24. The number of aromatic nitrogens is 2. The molecule has 0 saturated carbocycles. The Kier molecular flexibility index (Phi) is 6.03. The van der Waals surface area contributed by atoms with E-state index in [0.29, 0.717) is 18.5 Å². The van der Waals surface area contributed by atoms with Crippen molar-refractivity contribution >= 4 is 17.5 Å². The van der Waals surface area contributed by atoms with Crippen molar-refractivity contribution in [3.63, 3.8) is 0 Å². The van der Waals surface area contributed by atoms with E-state index in [1.165, 1.54) is 11.0 Å². The van der Waals surface area contributed by atoms with E-state index in [-0.39, 0.29) is 12.5 Å². The molecular weight excluding hydrogens is 414 g/mol. The van der Waals surface area contributed by atoms with Crippen molar-refractivity contribution in [1.29, 1.82) is 0 Å². The van der Waals surface area contributed by atoms with Gasteiger partial charge in [0, 0.05) is 17.9 Å². The fourth-order valence-corrected chi connectivity index (χ4v) is 4.09. The molecule has 2 amide bonds. The molecule has 6 nitrogen and oxygen atoms in total. The maximum Gasteiger partial charge on any atom is 0.260 e. The zero-order chi connectivity index (χ0) is 22.8. The normalized spacial score (nSPS) is 16.1. The average Bonchev–Trinajstić information content (AvgIpc) is 3.12. The van der Waals surface area contributed by atoms with Crippen LogP contribution in [0.3, 0.4) is 0 Å². The zero-order valence-corrected chi connectivity index (χ0v) is 17.9. The second-order valence-corrected chi connectivity index (χ2v) is 7.98. The standard InChI is InChI=1S/C24H24F2N4O2/c1-15-14-16(2)30(28-15)18-11-9-17(10-12-18)27-23(31)21-8-3-4-13-29(21)24(32)22-19(25)6-5-7-20(22)26/h5-7,9-12,14,21H,3-4,8,13H2,1-2H3,(H,27,31)/t21-/m0/s1. The number of anilines is 1. The highest BCUT2D eigenvalue weighted by Gasteiger charge is 2.34. The molecule has 1 aliphatic rings. The predicted octanol–water partition coefficient (Wildman–Crippen LogP) is 4.40. The van der Waals surface area contributed by atoms with Crippen LogP contribution in [0.5, 0.6) is 0 Å². The first-order chi connectivity index (χ1) is 15.3. The Balaban J connectivity index is 1.51. The van der Waals surface area contributed by atoms with E-state index in [0.717, 1.165) is 35.6 Å². The lowest BCUT2D eigenvalue weighted by molar-refractivity contribution is -0.121. The van der Waals surface area contributed by atoms with Gasteiger partial charge in [-0.15, -0.1) is 0 Å². The molecule has 1 aliphatic heterocycles. The van der Waals surface area contributed by atoms with Gasteiger partial charge < -0.3 is 10.2 Å². The van der Waals surface area contributed by atoms with Gasteiger partial charge in [0.1, 0.15) is 23.2 Å². The molecule has 1 saturated heterocycles. The van der Waals surface area contributed by atoms with Gasteiger partial charge in [-0.2, -0.15) is 5.10 Å². The topological polar surface area (TPSA) is 67.2 Å². The summed E-state index contributed by atoms with van der Waals surface area (Å²) in [5.74, 6) is -3.05. The fourth-order valence-electron chi connectivity index (χ4n) is 4.09. The Bertz CT molecular complexity index is 1140. The van der Waals surface area contributed by atoms with Crippen molar-refractivity contribution in [2.75, 3.05) is 11.9 Å². The molecule has 2 heterocycles. The van der Waals surface area contributed by atoms with Gasteiger partial charge >= 0.3 is 0 Å². The van der Waals surface area contributed by atoms with E-state index in [1.54, 1.807) is 12.1 Å². The fraction of sp³-hybridized carbons (Fsp3) is 0.292. The van der Waals surface area contributed by atoms with Gasteiger partial charge in [-0.05, 0) is 75.6 Å². The molecule has 1 atom stereocenters. The summed E-state index contributed by atoms with van der Waals surface area (Å²) >= 11 is 0. The van der Waals surface area contributed by atoms with Gasteiger partial charge in [0.05, 0.1) is 11.4 Å². The van der Waals surface area contributed by atoms with Crippen LogP contribution in [0.2, 0.25) is 0 Å². The molecular formula is C24H24F2N4O2. The van der Waals surface area contributed by atoms with Gasteiger partial charge in [0.15, 0.2) is 0 Å². The van der Waals surface area contributed by atoms with E-state index >= 15 is 0 Å². The van der Waals surface area contributed by atoms with Crippen LogP contribution in [-0.4, -0.2) is 39.1 Å². The maximum absolute atomic E-state index is 14.1. The molecule has 2 aromatic carbocycles. The number of piperidine rings is 1. The summed E-state index contributed by atoms with van der Waals surface area (Å²) in [6.07, 6.45) is 1.85. The number of hydrogen-bond acceptors (Lipinski definition) is 3. The molecule has 0 bridgehead atoms. The molecule has 1 fully saturated rings. The monoisotopic (exact) mass is 438 g/mol. The lowest BCUT2D eigenvalue weighted by Crippen LogP contribution is -2.50. The summed E-state index contributed by atoms with van der Waals surface area (Å²) in [7, 11) is 0. The van der Waals surface area contributed by atoms with E-state index in [1.807, 2.05) is 36.7 Å². The summed E-state index contributed by atoms with van der Waals surface area (Å²) in [6.45, 7) is 4.15. The lowest BCUT2D eigenvalue weighted by atomic mass is 9.99. The first kappa shape index (κ1) is 21.7. The number of nitrogens with zero attached hydrogens (tertiary/aromatic N) is 3. The number of amides is 2. The van der Waals surface area contributed by atoms with Gasteiger partial charge in [-0.1, -0.05) is 6.07 Å². The van der Waals surface area contributed by atoms with Crippen molar-refractivity contribution in [3.8, 4) is 5.69 Å². The Morgan fingerprint density at radius 1 is 1.03 bits per heavy atom. The summed E-state index contributed by atoms with van der Waals surface area (Å²) < 4.78 is 30.1. The van der Waals surface area contributed by atoms with Crippen molar-refractivity contribution in [2.24, 2.45) is 0 Å². The summed E-state index contributed by atoms with van der Waals surface area (Å²) in [6, 6.07) is 11.7. The van der Waals surface area contributed by atoms with Gasteiger partial charge in [0.25, 0.3) is 5.91 Å². The molecule has 166 valence electrons. The van der Waals surface area contributed by atoms with E-state index < -0.39 is 29.1 Å². The summed E-state index contributed by atoms with van der Waals surface area (Å²) in [4.78, 5) is 27.2. The Hall–Kier alpha value is -3.55. The van der Waals surface area contributed by atoms with E-state index in [9.17, 15) is 18.4 Å². The number of aryl methyl sites for hydroxylation is 2. The largest absolute Gasteiger partial charge is 0.326 e. The van der Waals surface area contributed by atoms with Crippen molar-refractivity contribution in [2.45, 2.75) is 39.2 Å². The van der Waals surface area contributed by atoms with Gasteiger partial charge in [0.2, 0.25) is 5.91 Å². The molecule has 1 N–H and O–H groups in total. The number of carbonyl (C=O) groups is 2. The Morgan fingerprint density at radius 3 is 2.34 bits per heavy atom. The van der Waals surface area contributed by atoms with Crippen LogP contribution in [0.4, 0.5) is 14.5 Å². The minimum atomic E-state index is -0.931. The number of halogens is 2. The number of carbonyl (C=O) groups excluding carboxylic acids is 2. The van der Waals surface area contributed by atoms with E-state index in [4.69, 9.17) is 0 Å². The quantitative estimate of drug-likeness (QED) is 0.657. The van der Waals surface area contributed by atoms with Crippen LogP contribution < -0.4 is 5.32 Å². The van der Waals surface area contributed by atoms with Crippen LogP contribution in [0, 0.1) is 25.5 Å². The van der Waals surface area contributed by atoms with Crippen LogP contribution in [-0.2, 0) is 4.79 Å². The van der Waals surface area contributed by atoms with Crippen LogP contribution in [0.25, 0.3) is 5.69 Å². The Morgan fingerprint density at radius 2 is 1.72 bits per heavy atom.